The zero-order valence-electron chi connectivity index (χ0n) is 8.62. The highest BCUT2D eigenvalue weighted by Gasteiger charge is 2.07. The molecule has 0 aliphatic carbocycles. The van der Waals surface area contributed by atoms with Crippen LogP contribution in [-0.4, -0.2) is 10.1 Å². The number of aromatic nitrogens is 1. The molecule has 0 spiro atoms. The Morgan fingerprint density at radius 2 is 1.88 bits per heavy atom. The number of benzene rings is 1. The molecule has 2 rings (SSSR count). The number of aliphatic hydroxyl groups is 1. The molecule has 0 fully saturated rings. The second-order valence-corrected chi connectivity index (χ2v) is 4.23. The second-order valence-electron chi connectivity index (χ2n) is 3.41. The minimum atomic E-state index is -0.531. The Morgan fingerprint density at radius 3 is 2.53 bits per heavy atom. The maximum Gasteiger partial charge on any atom is 0.147 e. The van der Waals surface area contributed by atoms with Crippen molar-refractivity contribution in [3.63, 3.8) is 0 Å². The summed E-state index contributed by atoms with van der Waals surface area (Å²) in [6.07, 6.45) is 0. The molecule has 2 aromatic rings. The van der Waals surface area contributed by atoms with Gasteiger partial charge in [0, 0.05) is 5.56 Å². The van der Waals surface area contributed by atoms with Crippen LogP contribution < -0.4 is 0 Å². The number of nitrogens with zero attached hydrogens (tertiary/aromatic N) is 1. The molecular weight excluding hydrogens is 264 g/mol. The molecule has 0 atom stereocenters. The third-order valence-corrected chi connectivity index (χ3v) is 3.02. The van der Waals surface area contributed by atoms with Crippen LogP contribution in [0.5, 0.6) is 0 Å². The zero-order valence-corrected chi connectivity index (χ0v) is 10.1. The molecule has 0 unspecified atom stereocenters. The van der Waals surface area contributed by atoms with Crippen molar-refractivity contribution in [3.05, 3.63) is 51.9 Å². The van der Waals surface area contributed by atoms with E-state index in [1.54, 1.807) is 18.2 Å². The topological polar surface area (TPSA) is 33.1 Å². The molecule has 0 aliphatic rings. The average molecular weight is 272 g/mol. The maximum absolute atomic E-state index is 13.2. The fourth-order valence-electron chi connectivity index (χ4n) is 1.41. The second kappa shape index (κ2) is 5.00. The van der Waals surface area contributed by atoms with Crippen LogP contribution in [0.3, 0.4) is 0 Å². The summed E-state index contributed by atoms with van der Waals surface area (Å²) in [5, 5.41) is 9.79. The van der Waals surface area contributed by atoms with Crippen molar-refractivity contribution >= 4 is 23.2 Å². The van der Waals surface area contributed by atoms with Crippen LogP contribution in [0.1, 0.15) is 5.69 Å². The monoisotopic (exact) mass is 271 g/mol. The smallest absolute Gasteiger partial charge is 0.147 e. The van der Waals surface area contributed by atoms with Gasteiger partial charge in [-0.15, -0.1) is 0 Å². The highest BCUT2D eigenvalue weighted by Crippen LogP contribution is 2.27. The first-order valence-corrected chi connectivity index (χ1v) is 5.59. The first-order chi connectivity index (χ1) is 8.11. The fraction of sp³-hybridized carbons (Fsp3) is 0.0833. The van der Waals surface area contributed by atoms with Gasteiger partial charge in [0.05, 0.1) is 22.3 Å². The van der Waals surface area contributed by atoms with E-state index in [4.69, 9.17) is 28.3 Å². The number of hydrogen-bond acceptors (Lipinski definition) is 2. The third-order valence-electron chi connectivity index (χ3n) is 2.28. The van der Waals surface area contributed by atoms with Gasteiger partial charge in [0.25, 0.3) is 0 Å². The molecular formula is C12H8Cl2FNO. The van der Waals surface area contributed by atoms with Gasteiger partial charge in [0.15, 0.2) is 0 Å². The Morgan fingerprint density at radius 1 is 1.12 bits per heavy atom. The van der Waals surface area contributed by atoms with Gasteiger partial charge in [-0.2, -0.15) is 0 Å². The van der Waals surface area contributed by atoms with Crippen molar-refractivity contribution in [2.75, 3.05) is 0 Å². The molecule has 1 heterocycles. The number of hydrogen-bond donors (Lipinski definition) is 1. The molecule has 0 saturated heterocycles. The standard InChI is InChI=1S/C12H8Cl2FNO/c13-8-2-1-7(5-9(8)14)11-4-3-10(15)12(6-17)16-11/h1-5,17H,6H2. The molecule has 0 saturated carbocycles. The third kappa shape index (κ3) is 2.57. The Kier molecular flexibility index (Phi) is 3.62. The SMILES string of the molecule is OCc1nc(-c2ccc(Cl)c(Cl)c2)ccc1F. The van der Waals surface area contributed by atoms with Gasteiger partial charge in [-0.05, 0) is 24.3 Å². The van der Waals surface area contributed by atoms with Crippen LogP contribution in [-0.2, 0) is 6.61 Å². The summed E-state index contributed by atoms with van der Waals surface area (Å²) in [6.45, 7) is -0.443. The van der Waals surface area contributed by atoms with Gasteiger partial charge >= 0.3 is 0 Å². The Hall–Kier alpha value is -1.16. The van der Waals surface area contributed by atoms with Crippen LogP contribution in [0.4, 0.5) is 4.39 Å². The first-order valence-electron chi connectivity index (χ1n) is 4.83. The predicted molar refractivity (Wildman–Crippen MR) is 65.6 cm³/mol. The van der Waals surface area contributed by atoms with E-state index < -0.39 is 12.4 Å². The lowest BCUT2D eigenvalue weighted by Gasteiger charge is -2.05. The van der Waals surface area contributed by atoms with Crippen LogP contribution >= 0.6 is 23.2 Å². The van der Waals surface area contributed by atoms with Crippen LogP contribution in [0.15, 0.2) is 30.3 Å². The van der Waals surface area contributed by atoms with Crippen molar-refractivity contribution in [1.29, 1.82) is 0 Å². The fourth-order valence-corrected chi connectivity index (χ4v) is 1.71. The van der Waals surface area contributed by atoms with Gasteiger partial charge in [-0.1, -0.05) is 29.3 Å². The summed E-state index contributed by atoms with van der Waals surface area (Å²) in [5.41, 5.74) is 1.26. The van der Waals surface area contributed by atoms with Crippen LogP contribution in [0.25, 0.3) is 11.3 Å². The molecule has 5 heteroatoms. The van der Waals surface area contributed by atoms with E-state index in [1.807, 2.05) is 0 Å². The summed E-state index contributed by atoms with van der Waals surface area (Å²) in [4.78, 5) is 4.01. The summed E-state index contributed by atoms with van der Waals surface area (Å²) in [6, 6.07) is 7.80. The quantitative estimate of drug-likeness (QED) is 0.904. The molecule has 0 radical (unpaired) electrons. The van der Waals surface area contributed by atoms with E-state index in [0.29, 0.717) is 21.3 Å². The average Bonchev–Trinajstić information content (AvgIpc) is 2.33. The minimum Gasteiger partial charge on any atom is -0.390 e. The van der Waals surface area contributed by atoms with Crippen molar-refractivity contribution in [2.24, 2.45) is 0 Å². The molecule has 1 aromatic carbocycles. The molecule has 88 valence electrons. The lowest BCUT2D eigenvalue weighted by Crippen LogP contribution is -1.96. The lowest BCUT2D eigenvalue weighted by atomic mass is 10.1. The molecule has 0 bridgehead atoms. The van der Waals surface area contributed by atoms with Crippen molar-refractivity contribution in [2.45, 2.75) is 6.61 Å². The van der Waals surface area contributed by atoms with E-state index in [1.165, 1.54) is 12.1 Å². The normalized spacial score (nSPS) is 10.6. The molecule has 0 aliphatic heterocycles. The van der Waals surface area contributed by atoms with Crippen molar-refractivity contribution in [3.8, 4) is 11.3 Å². The van der Waals surface area contributed by atoms with Gasteiger partial charge in [0.1, 0.15) is 11.5 Å². The summed E-state index contributed by atoms with van der Waals surface area (Å²) >= 11 is 11.7. The zero-order chi connectivity index (χ0) is 12.4. The summed E-state index contributed by atoms with van der Waals surface area (Å²) in [5.74, 6) is -0.531. The van der Waals surface area contributed by atoms with Gasteiger partial charge in [-0.3, -0.25) is 0 Å². The summed E-state index contributed by atoms with van der Waals surface area (Å²) < 4.78 is 13.2. The first kappa shape index (κ1) is 12.3. The van der Waals surface area contributed by atoms with Crippen molar-refractivity contribution in [1.82, 2.24) is 4.98 Å². The molecule has 1 N–H and O–H groups in total. The molecule has 17 heavy (non-hydrogen) atoms. The minimum absolute atomic E-state index is 0.00794. The predicted octanol–water partition coefficient (Wildman–Crippen LogP) is 3.69. The Balaban J connectivity index is 2.49. The van der Waals surface area contributed by atoms with E-state index in [2.05, 4.69) is 4.98 Å². The van der Waals surface area contributed by atoms with Gasteiger partial charge < -0.3 is 5.11 Å². The number of aliphatic hydroxyl groups excluding tert-OH is 1. The highest BCUT2D eigenvalue weighted by atomic mass is 35.5. The largest absolute Gasteiger partial charge is 0.390 e. The maximum atomic E-state index is 13.2. The Labute approximate surface area is 108 Å². The van der Waals surface area contributed by atoms with Crippen molar-refractivity contribution < 1.29 is 9.50 Å². The van der Waals surface area contributed by atoms with Gasteiger partial charge in [-0.25, -0.2) is 9.37 Å². The number of rotatable bonds is 2. The molecule has 0 amide bonds. The van der Waals surface area contributed by atoms with E-state index in [-0.39, 0.29) is 5.69 Å². The number of halogens is 3. The Bertz CT molecular complexity index is 560. The number of pyridine rings is 1. The summed E-state index contributed by atoms with van der Waals surface area (Å²) in [7, 11) is 0. The van der Waals surface area contributed by atoms with E-state index in [9.17, 15) is 4.39 Å². The van der Waals surface area contributed by atoms with Gasteiger partial charge in [0.2, 0.25) is 0 Å². The van der Waals surface area contributed by atoms with Crippen LogP contribution in [0, 0.1) is 5.82 Å². The van der Waals surface area contributed by atoms with Crippen LogP contribution in [0.2, 0.25) is 10.0 Å². The van der Waals surface area contributed by atoms with E-state index in [0.717, 1.165) is 0 Å². The lowest BCUT2D eigenvalue weighted by molar-refractivity contribution is 0.270. The molecule has 1 aromatic heterocycles. The van der Waals surface area contributed by atoms with E-state index >= 15 is 0 Å². The highest BCUT2D eigenvalue weighted by molar-refractivity contribution is 6.42. The molecule has 2 nitrogen and oxygen atoms in total.